The molecule has 0 radical (unpaired) electrons. The van der Waals surface area contributed by atoms with Crippen LogP contribution >= 0.6 is 12.4 Å². The van der Waals surface area contributed by atoms with Crippen LogP contribution in [0.1, 0.15) is 38.5 Å². The van der Waals surface area contributed by atoms with Crippen LogP contribution in [-0.2, 0) is 9.53 Å². The molecule has 1 amide bonds. The minimum atomic E-state index is 0. The third-order valence-corrected chi connectivity index (χ3v) is 4.70. The van der Waals surface area contributed by atoms with E-state index in [1.54, 1.807) is 0 Å². The quantitative estimate of drug-likeness (QED) is 0.796. The molecule has 0 aromatic carbocycles. The topological polar surface area (TPSA) is 41.6 Å². The average molecular weight is 289 g/mol. The van der Waals surface area contributed by atoms with E-state index in [2.05, 4.69) is 10.2 Å². The number of morpholine rings is 1. The van der Waals surface area contributed by atoms with E-state index in [1.807, 2.05) is 0 Å². The molecule has 3 rings (SSSR count). The van der Waals surface area contributed by atoms with Gasteiger partial charge in [0.25, 0.3) is 0 Å². The maximum absolute atomic E-state index is 12.7. The van der Waals surface area contributed by atoms with E-state index in [-0.39, 0.29) is 18.3 Å². The highest BCUT2D eigenvalue weighted by atomic mass is 35.5. The number of hydrogen-bond donors (Lipinski definition) is 1. The molecule has 2 heterocycles. The van der Waals surface area contributed by atoms with Gasteiger partial charge in [-0.1, -0.05) is 12.8 Å². The van der Waals surface area contributed by atoms with Gasteiger partial charge in [-0.05, 0) is 38.8 Å². The zero-order chi connectivity index (χ0) is 12.4. The first-order chi connectivity index (χ1) is 8.86. The SMILES string of the molecule is Cl.O=C(C1CCNCC1)N1CCOC2CCCCC21. The highest BCUT2D eigenvalue weighted by Crippen LogP contribution is 2.30. The van der Waals surface area contributed by atoms with Gasteiger partial charge in [-0.3, -0.25) is 4.79 Å². The maximum atomic E-state index is 12.7. The third kappa shape index (κ3) is 3.23. The summed E-state index contributed by atoms with van der Waals surface area (Å²) in [4.78, 5) is 14.8. The fourth-order valence-electron chi connectivity index (χ4n) is 3.67. The Labute approximate surface area is 121 Å². The lowest BCUT2D eigenvalue weighted by atomic mass is 9.88. The number of carbonyl (C=O) groups excluding carboxylic acids is 1. The number of nitrogens with zero attached hydrogens (tertiary/aromatic N) is 1. The second-order valence-electron chi connectivity index (χ2n) is 5.82. The van der Waals surface area contributed by atoms with Gasteiger partial charge < -0.3 is 15.0 Å². The number of fused-ring (bicyclic) bond motifs is 1. The zero-order valence-corrected chi connectivity index (χ0v) is 12.3. The summed E-state index contributed by atoms with van der Waals surface area (Å²) >= 11 is 0. The highest BCUT2D eigenvalue weighted by Gasteiger charge is 2.38. The van der Waals surface area contributed by atoms with Gasteiger partial charge in [-0.25, -0.2) is 0 Å². The Morgan fingerprint density at radius 3 is 2.63 bits per heavy atom. The second kappa shape index (κ2) is 6.91. The van der Waals surface area contributed by atoms with Gasteiger partial charge in [0.05, 0.1) is 18.8 Å². The van der Waals surface area contributed by atoms with Crippen LogP contribution in [0.5, 0.6) is 0 Å². The Kier molecular flexibility index (Phi) is 5.48. The Morgan fingerprint density at radius 2 is 1.84 bits per heavy atom. The maximum Gasteiger partial charge on any atom is 0.226 e. The lowest BCUT2D eigenvalue weighted by molar-refractivity contribution is -0.154. The molecule has 2 saturated heterocycles. The molecule has 5 heteroatoms. The van der Waals surface area contributed by atoms with E-state index < -0.39 is 0 Å². The standard InChI is InChI=1S/C14H24N2O2.ClH/c17-14(11-5-7-15-8-6-11)16-9-10-18-13-4-2-1-3-12(13)16;/h11-13,15H,1-10H2;1H. The van der Waals surface area contributed by atoms with Crippen LogP contribution in [-0.4, -0.2) is 49.2 Å². The first-order valence-electron chi connectivity index (χ1n) is 7.49. The number of rotatable bonds is 1. The number of amides is 1. The summed E-state index contributed by atoms with van der Waals surface area (Å²) < 4.78 is 5.84. The van der Waals surface area contributed by atoms with Gasteiger partial charge in [0.15, 0.2) is 0 Å². The summed E-state index contributed by atoms with van der Waals surface area (Å²) in [6.07, 6.45) is 7.12. The van der Waals surface area contributed by atoms with Crippen LogP contribution in [0.15, 0.2) is 0 Å². The number of piperidine rings is 1. The van der Waals surface area contributed by atoms with E-state index in [9.17, 15) is 4.79 Å². The minimum Gasteiger partial charge on any atom is -0.374 e. The van der Waals surface area contributed by atoms with E-state index in [1.165, 1.54) is 12.8 Å². The van der Waals surface area contributed by atoms with Gasteiger partial charge in [0.2, 0.25) is 5.91 Å². The van der Waals surface area contributed by atoms with E-state index >= 15 is 0 Å². The van der Waals surface area contributed by atoms with Crippen LogP contribution < -0.4 is 5.32 Å². The summed E-state index contributed by atoms with van der Waals surface area (Å²) in [6.45, 7) is 3.53. The first-order valence-corrected chi connectivity index (χ1v) is 7.49. The molecule has 2 unspecified atom stereocenters. The van der Waals surface area contributed by atoms with Crippen molar-refractivity contribution < 1.29 is 9.53 Å². The van der Waals surface area contributed by atoms with Crippen LogP contribution in [0, 0.1) is 5.92 Å². The molecule has 2 atom stereocenters. The van der Waals surface area contributed by atoms with Crippen molar-refractivity contribution in [1.82, 2.24) is 10.2 Å². The van der Waals surface area contributed by atoms with Crippen molar-refractivity contribution in [1.29, 1.82) is 0 Å². The fourth-order valence-corrected chi connectivity index (χ4v) is 3.67. The number of nitrogens with one attached hydrogen (secondary N) is 1. The van der Waals surface area contributed by atoms with Crippen molar-refractivity contribution >= 4 is 18.3 Å². The van der Waals surface area contributed by atoms with Crippen molar-refractivity contribution in [3.8, 4) is 0 Å². The lowest BCUT2D eigenvalue weighted by Gasteiger charge is -2.45. The summed E-state index contributed by atoms with van der Waals surface area (Å²) in [5.74, 6) is 0.656. The molecule has 0 aromatic rings. The number of halogens is 1. The van der Waals surface area contributed by atoms with Gasteiger partial charge >= 0.3 is 0 Å². The fraction of sp³-hybridized carbons (Fsp3) is 0.929. The number of carbonyl (C=O) groups is 1. The molecule has 3 fully saturated rings. The normalized spacial score (nSPS) is 32.3. The van der Waals surface area contributed by atoms with Crippen LogP contribution in [0.4, 0.5) is 0 Å². The monoisotopic (exact) mass is 288 g/mol. The van der Waals surface area contributed by atoms with E-state index in [0.29, 0.717) is 18.1 Å². The van der Waals surface area contributed by atoms with Crippen molar-refractivity contribution in [2.75, 3.05) is 26.2 Å². The third-order valence-electron chi connectivity index (χ3n) is 4.70. The van der Waals surface area contributed by atoms with E-state index in [0.717, 1.165) is 51.9 Å². The predicted molar refractivity (Wildman–Crippen MR) is 76.6 cm³/mol. The van der Waals surface area contributed by atoms with Gasteiger partial charge in [0, 0.05) is 12.5 Å². The Bertz CT molecular complexity index is 306. The van der Waals surface area contributed by atoms with Gasteiger partial charge in [-0.15, -0.1) is 12.4 Å². The molecule has 2 aliphatic heterocycles. The Morgan fingerprint density at radius 1 is 1.11 bits per heavy atom. The van der Waals surface area contributed by atoms with Crippen LogP contribution in [0.2, 0.25) is 0 Å². The highest BCUT2D eigenvalue weighted by molar-refractivity contribution is 5.85. The van der Waals surface area contributed by atoms with Gasteiger partial charge in [-0.2, -0.15) is 0 Å². The molecule has 0 bridgehead atoms. The van der Waals surface area contributed by atoms with Crippen LogP contribution in [0.25, 0.3) is 0 Å². The molecule has 4 nitrogen and oxygen atoms in total. The van der Waals surface area contributed by atoms with Crippen molar-refractivity contribution in [3.05, 3.63) is 0 Å². The molecule has 1 aliphatic carbocycles. The second-order valence-corrected chi connectivity index (χ2v) is 5.82. The molecule has 0 spiro atoms. The molecule has 0 aromatic heterocycles. The van der Waals surface area contributed by atoms with E-state index in [4.69, 9.17) is 4.74 Å². The number of hydrogen-bond acceptors (Lipinski definition) is 3. The summed E-state index contributed by atoms with van der Waals surface area (Å²) in [7, 11) is 0. The van der Waals surface area contributed by atoms with Crippen molar-refractivity contribution in [2.24, 2.45) is 5.92 Å². The van der Waals surface area contributed by atoms with Gasteiger partial charge in [0.1, 0.15) is 0 Å². The molecule has 19 heavy (non-hydrogen) atoms. The largest absolute Gasteiger partial charge is 0.374 e. The van der Waals surface area contributed by atoms with Crippen molar-refractivity contribution in [3.63, 3.8) is 0 Å². The molecule has 1 N–H and O–H groups in total. The molecule has 110 valence electrons. The Balaban J connectivity index is 0.00000133. The summed E-state index contributed by atoms with van der Waals surface area (Å²) in [6, 6.07) is 0.370. The molecular weight excluding hydrogens is 264 g/mol. The Hall–Kier alpha value is -0.320. The minimum absolute atomic E-state index is 0. The molecule has 1 saturated carbocycles. The van der Waals surface area contributed by atoms with Crippen molar-refractivity contribution in [2.45, 2.75) is 50.7 Å². The smallest absolute Gasteiger partial charge is 0.226 e. The average Bonchev–Trinajstić information content (AvgIpc) is 2.47. The zero-order valence-electron chi connectivity index (χ0n) is 11.5. The summed E-state index contributed by atoms with van der Waals surface area (Å²) in [5, 5.41) is 3.33. The molecule has 3 aliphatic rings. The number of ether oxygens (including phenoxy) is 1. The first kappa shape index (κ1) is 15.1. The molecular formula is C14H25ClN2O2. The van der Waals surface area contributed by atoms with Crippen LogP contribution in [0.3, 0.4) is 0 Å². The summed E-state index contributed by atoms with van der Waals surface area (Å²) in [5.41, 5.74) is 0. The lowest BCUT2D eigenvalue weighted by Crippen LogP contribution is -2.56. The predicted octanol–water partition coefficient (Wildman–Crippen LogP) is 1.58.